The van der Waals surface area contributed by atoms with E-state index in [0.717, 1.165) is 18.9 Å². The summed E-state index contributed by atoms with van der Waals surface area (Å²) in [6.07, 6.45) is 7.83. The molecule has 0 aromatic rings. The third kappa shape index (κ3) is 8.83. The van der Waals surface area contributed by atoms with Gasteiger partial charge in [0.1, 0.15) is 6.54 Å². The maximum absolute atomic E-state index is 11.4. The number of nitrogens with zero attached hydrogens (tertiary/aromatic N) is 1. The number of hydrogen-bond donors (Lipinski definition) is 2. The molecule has 112 valence electrons. The van der Waals surface area contributed by atoms with Crippen molar-refractivity contribution in [2.24, 2.45) is 5.92 Å². The van der Waals surface area contributed by atoms with E-state index in [1.807, 2.05) is 11.9 Å². The highest BCUT2D eigenvalue weighted by Gasteiger charge is 2.14. The monoisotopic (exact) mass is 292 g/mol. The zero-order chi connectivity index (χ0) is 13.4. The fourth-order valence-corrected chi connectivity index (χ4v) is 2.43. The highest BCUT2D eigenvalue weighted by Crippen LogP contribution is 2.26. The molecule has 1 amide bonds. The number of carbonyl (C=O) groups excluding carboxylic acids is 1. The van der Waals surface area contributed by atoms with Crippen LogP contribution in [0.3, 0.4) is 0 Å². The van der Waals surface area contributed by atoms with E-state index in [-0.39, 0.29) is 31.4 Å². The SMILES string of the molecule is CN(CCC1CCCCC1)CC(=O)NCC(=O)O.Cl. The summed E-state index contributed by atoms with van der Waals surface area (Å²) in [5.74, 6) is -0.417. The predicted octanol–water partition coefficient (Wildman–Crippen LogP) is 1.51. The number of hydrogen-bond acceptors (Lipinski definition) is 3. The Labute approximate surface area is 121 Å². The molecule has 1 fully saturated rings. The van der Waals surface area contributed by atoms with Crippen molar-refractivity contribution in [3.8, 4) is 0 Å². The van der Waals surface area contributed by atoms with Gasteiger partial charge in [-0.25, -0.2) is 0 Å². The molecule has 0 bridgehead atoms. The number of carboxylic acid groups (broad SMARTS) is 1. The molecule has 0 spiro atoms. The highest BCUT2D eigenvalue weighted by molar-refractivity contribution is 5.85. The van der Waals surface area contributed by atoms with Crippen LogP contribution in [0.2, 0.25) is 0 Å². The molecular weight excluding hydrogens is 268 g/mol. The van der Waals surface area contributed by atoms with Gasteiger partial charge in [0.05, 0.1) is 6.54 Å². The first-order valence-electron chi connectivity index (χ1n) is 6.75. The molecule has 0 atom stereocenters. The number of aliphatic carboxylic acids is 1. The Balaban J connectivity index is 0.00000324. The van der Waals surface area contributed by atoms with Crippen LogP contribution in [0.15, 0.2) is 0 Å². The Morgan fingerprint density at radius 3 is 2.47 bits per heavy atom. The molecule has 0 aliphatic heterocycles. The van der Waals surface area contributed by atoms with E-state index in [1.54, 1.807) is 0 Å². The summed E-state index contributed by atoms with van der Waals surface area (Å²) in [5, 5.41) is 10.8. The Hall–Kier alpha value is -0.810. The Morgan fingerprint density at radius 1 is 1.26 bits per heavy atom. The van der Waals surface area contributed by atoms with Crippen LogP contribution in [0.4, 0.5) is 0 Å². The van der Waals surface area contributed by atoms with E-state index >= 15 is 0 Å². The lowest BCUT2D eigenvalue weighted by Gasteiger charge is -2.24. The molecule has 0 saturated heterocycles. The van der Waals surface area contributed by atoms with Crippen molar-refractivity contribution >= 4 is 24.3 Å². The van der Waals surface area contributed by atoms with E-state index in [1.165, 1.54) is 32.1 Å². The van der Waals surface area contributed by atoms with Gasteiger partial charge in [-0.1, -0.05) is 32.1 Å². The topological polar surface area (TPSA) is 69.6 Å². The quantitative estimate of drug-likeness (QED) is 0.746. The molecule has 0 aromatic carbocycles. The van der Waals surface area contributed by atoms with Crippen LogP contribution in [0.25, 0.3) is 0 Å². The van der Waals surface area contributed by atoms with Crippen molar-refractivity contribution in [1.29, 1.82) is 0 Å². The molecule has 0 unspecified atom stereocenters. The third-order valence-electron chi connectivity index (χ3n) is 3.49. The van der Waals surface area contributed by atoms with Crippen molar-refractivity contribution in [3.05, 3.63) is 0 Å². The van der Waals surface area contributed by atoms with Crippen LogP contribution >= 0.6 is 12.4 Å². The van der Waals surface area contributed by atoms with Crippen LogP contribution < -0.4 is 5.32 Å². The first kappa shape index (κ1) is 18.2. The molecule has 1 aliphatic rings. The minimum Gasteiger partial charge on any atom is -0.480 e. The fourth-order valence-electron chi connectivity index (χ4n) is 2.43. The summed E-state index contributed by atoms with van der Waals surface area (Å²) in [5.41, 5.74) is 0. The summed E-state index contributed by atoms with van der Waals surface area (Å²) < 4.78 is 0. The summed E-state index contributed by atoms with van der Waals surface area (Å²) in [6.45, 7) is 0.889. The van der Waals surface area contributed by atoms with Crippen molar-refractivity contribution in [2.45, 2.75) is 38.5 Å². The molecule has 0 aromatic heterocycles. The van der Waals surface area contributed by atoms with Crippen molar-refractivity contribution in [3.63, 3.8) is 0 Å². The normalized spacial score (nSPS) is 15.9. The van der Waals surface area contributed by atoms with Crippen molar-refractivity contribution < 1.29 is 14.7 Å². The molecule has 1 aliphatic carbocycles. The maximum Gasteiger partial charge on any atom is 0.322 e. The van der Waals surface area contributed by atoms with Gasteiger partial charge < -0.3 is 10.4 Å². The zero-order valence-corrected chi connectivity index (χ0v) is 12.4. The number of rotatable bonds is 7. The zero-order valence-electron chi connectivity index (χ0n) is 11.6. The molecule has 0 radical (unpaired) electrons. The Kier molecular flexibility index (Phi) is 9.61. The molecule has 19 heavy (non-hydrogen) atoms. The largest absolute Gasteiger partial charge is 0.480 e. The van der Waals surface area contributed by atoms with Crippen molar-refractivity contribution in [1.82, 2.24) is 10.2 Å². The lowest BCUT2D eigenvalue weighted by atomic mass is 9.87. The van der Waals surface area contributed by atoms with Crippen LogP contribution in [0.5, 0.6) is 0 Å². The highest BCUT2D eigenvalue weighted by atomic mass is 35.5. The second-order valence-electron chi connectivity index (χ2n) is 5.20. The third-order valence-corrected chi connectivity index (χ3v) is 3.49. The molecular formula is C13H25ClN2O3. The summed E-state index contributed by atoms with van der Waals surface area (Å²) >= 11 is 0. The van der Waals surface area contributed by atoms with E-state index in [4.69, 9.17) is 5.11 Å². The number of nitrogens with one attached hydrogen (secondary N) is 1. The molecule has 5 nitrogen and oxygen atoms in total. The van der Waals surface area contributed by atoms with Gasteiger partial charge >= 0.3 is 5.97 Å². The standard InChI is InChI=1S/C13H24N2O3.ClH/c1-15(10-12(16)14-9-13(17)18)8-7-11-5-3-2-4-6-11;/h11H,2-10H2,1H3,(H,14,16)(H,17,18);1H. The van der Waals surface area contributed by atoms with Gasteiger partial charge in [0.2, 0.25) is 5.91 Å². The number of carboxylic acids is 1. The second-order valence-corrected chi connectivity index (χ2v) is 5.20. The van der Waals surface area contributed by atoms with Gasteiger partial charge in [-0.3, -0.25) is 14.5 Å². The minimum atomic E-state index is -1.01. The van der Waals surface area contributed by atoms with Gasteiger partial charge in [0, 0.05) is 0 Å². The molecule has 0 heterocycles. The molecule has 2 N–H and O–H groups in total. The predicted molar refractivity (Wildman–Crippen MR) is 76.6 cm³/mol. The van der Waals surface area contributed by atoms with Crippen LogP contribution in [-0.2, 0) is 9.59 Å². The van der Waals surface area contributed by atoms with Crippen LogP contribution in [-0.4, -0.2) is 48.6 Å². The average molecular weight is 293 g/mol. The number of halogens is 1. The van der Waals surface area contributed by atoms with Crippen LogP contribution in [0.1, 0.15) is 38.5 Å². The lowest BCUT2D eigenvalue weighted by molar-refractivity contribution is -0.138. The Bertz CT molecular complexity index is 281. The summed E-state index contributed by atoms with van der Waals surface area (Å²) in [4.78, 5) is 23.7. The van der Waals surface area contributed by atoms with Gasteiger partial charge in [0.25, 0.3) is 0 Å². The first-order valence-corrected chi connectivity index (χ1v) is 6.75. The van der Waals surface area contributed by atoms with E-state index < -0.39 is 5.97 Å². The maximum atomic E-state index is 11.4. The summed E-state index contributed by atoms with van der Waals surface area (Å²) in [6, 6.07) is 0. The molecule has 1 rings (SSSR count). The fraction of sp³-hybridized carbons (Fsp3) is 0.846. The second kappa shape index (κ2) is 10.0. The lowest BCUT2D eigenvalue weighted by Crippen LogP contribution is -2.38. The van der Waals surface area contributed by atoms with Crippen molar-refractivity contribution in [2.75, 3.05) is 26.7 Å². The van der Waals surface area contributed by atoms with Gasteiger partial charge in [0.15, 0.2) is 0 Å². The molecule has 1 saturated carbocycles. The van der Waals surface area contributed by atoms with Crippen LogP contribution in [0, 0.1) is 5.92 Å². The molecule has 6 heteroatoms. The average Bonchev–Trinajstić information content (AvgIpc) is 2.35. The smallest absolute Gasteiger partial charge is 0.322 e. The van der Waals surface area contributed by atoms with Gasteiger partial charge in [-0.05, 0) is 25.9 Å². The number of likely N-dealkylation sites (N-methyl/N-ethyl adjacent to an activating group) is 1. The van der Waals surface area contributed by atoms with E-state index in [9.17, 15) is 9.59 Å². The van der Waals surface area contributed by atoms with Gasteiger partial charge in [-0.2, -0.15) is 0 Å². The van der Waals surface area contributed by atoms with E-state index in [0.29, 0.717) is 0 Å². The Morgan fingerprint density at radius 2 is 1.89 bits per heavy atom. The van der Waals surface area contributed by atoms with E-state index in [2.05, 4.69) is 5.32 Å². The number of carbonyl (C=O) groups is 2. The van der Waals surface area contributed by atoms with Gasteiger partial charge in [-0.15, -0.1) is 12.4 Å². The number of amides is 1. The first-order chi connectivity index (χ1) is 8.58. The summed E-state index contributed by atoms with van der Waals surface area (Å²) in [7, 11) is 1.91. The minimum absolute atomic E-state index is 0.